The van der Waals surface area contributed by atoms with Gasteiger partial charge < -0.3 is 10.5 Å². The lowest BCUT2D eigenvalue weighted by molar-refractivity contribution is -0.0701. The van der Waals surface area contributed by atoms with Gasteiger partial charge in [0.1, 0.15) is 0 Å². The van der Waals surface area contributed by atoms with Crippen LogP contribution >= 0.6 is 0 Å². The van der Waals surface area contributed by atoms with Gasteiger partial charge in [-0.25, -0.2) is 0 Å². The molecule has 0 aliphatic rings. The molecule has 15 heavy (non-hydrogen) atoms. The zero-order chi connectivity index (χ0) is 11.5. The third-order valence-electron chi connectivity index (χ3n) is 2.09. The van der Waals surface area contributed by atoms with E-state index in [-0.39, 0.29) is 17.7 Å². The van der Waals surface area contributed by atoms with Gasteiger partial charge in [0.2, 0.25) is 0 Å². The minimum Gasteiger partial charge on any atom is -0.366 e. The van der Waals surface area contributed by atoms with Crippen molar-refractivity contribution in [2.24, 2.45) is 5.73 Å². The van der Waals surface area contributed by atoms with Crippen molar-refractivity contribution >= 4 is 0 Å². The van der Waals surface area contributed by atoms with E-state index in [9.17, 15) is 0 Å². The number of nitrogens with two attached hydrogens (primary N) is 1. The highest BCUT2D eigenvalue weighted by atomic mass is 16.5. The van der Waals surface area contributed by atoms with Crippen molar-refractivity contribution in [3.8, 4) is 0 Å². The monoisotopic (exact) mass is 207 g/mol. The van der Waals surface area contributed by atoms with E-state index in [2.05, 4.69) is 12.1 Å². The van der Waals surface area contributed by atoms with Crippen molar-refractivity contribution in [3.63, 3.8) is 0 Å². The van der Waals surface area contributed by atoms with Crippen molar-refractivity contribution in [2.75, 3.05) is 0 Å². The van der Waals surface area contributed by atoms with E-state index in [0.29, 0.717) is 0 Å². The zero-order valence-electron chi connectivity index (χ0n) is 10.0. The quantitative estimate of drug-likeness (QED) is 0.827. The van der Waals surface area contributed by atoms with Crippen molar-refractivity contribution < 1.29 is 4.74 Å². The topological polar surface area (TPSA) is 35.2 Å². The number of rotatable bonds is 3. The Morgan fingerprint density at radius 1 is 1.13 bits per heavy atom. The first-order valence-corrected chi connectivity index (χ1v) is 5.38. The van der Waals surface area contributed by atoms with Gasteiger partial charge in [-0.05, 0) is 33.3 Å². The van der Waals surface area contributed by atoms with Crippen LogP contribution in [0.4, 0.5) is 0 Å². The summed E-state index contributed by atoms with van der Waals surface area (Å²) in [7, 11) is 0. The van der Waals surface area contributed by atoms with Crippen molar-refractivity contribution in [2.45, 2.75) is 45.4 Å². The van der Waals surface area contributed by atoms with Crippen molar-refractivity contribution in [3.05, 3.63) is 35.9 Å². The standard InChI is InChI=1S/C13H21NO/c1-10(14)12(15-13(2,3)4)11-8-6-5-7-9-11/h5-10,12H,14H2,1-4H3/t10-,12-/m1/s1. The van der Waals surface area contributed by atoms with Gasteiger partial charge >= 0.3 is 0 Å². The van der Waals surface area contributed by atoms with Gasteiger partial charge in [-0.2, -0.15) is 0 Å². The van der Waals surface area contributed by atoms with Crippen LogP contribution in [0.25, 0.3) is 0 Å². The van der Waals surface area contributed by atoms with E-state index in [1.165, 1.54) is 0 Å². The van der Waals surface area contributed by atoms with Crippen LogP contribution in [-0.2, 0) is 4.74 Å². The molecule has 0 amide bonds. The van der Waals surface area contributed by atoms with Gasteiger partial charge in [-0.15, -0.1) is 0 Å². The summed E-state index contributed by atoms with van der Waals surface area (Å²) in [5.74, 6) is 0. The van der Waals surface area contributed by atoms with E-state index < -0.39 is 0 Å². The molecule has 0 aliphatic carbocycles. The molecular weight excluding hydrogens is 186 g/mol. The highest BCUT2D eigenvalue weighted by Gasteiger charge is 2.23. The molecule has 0 aromatic heterocycles. The first-order chi connectivity index (χ1) is 6.90. The third-order valence-corrected chi connectivity index (χ3v) is 2.09. The molecule has 0 heterocycles. The maximum Gasteiger partial charge on any atom is 0.0980 e. The van der Waals surface area contributed by atoms with Crippen LogP contribution < -0.4 is 5.73 Å². The largest absolute Gasteiger partial charge is 0.366 e. The number of hydrogen-bond donors (Lipinski definition) is 1. The summed E-state index contributed by atoms with van der Waals surface area (Å²) in [6.07, 6.45) is -0.0359. The Labute approximate surface area is 92.4 Å². The average Bonchev–Trinajstić information content (AvgIpc) is 2.14. The molecule has 0 spiro atoms. The van der Waals surface area contributed by atoms with Gasteiger partial charge in [-0.1, -0.05) is 30.3 Å². The fraction of sp³-hybridized carbons (Fsp3) is 0.538. The van der Waals surface area contributed by atoms with E-state index in [0.717, 1.165) is 5.56 Å². The van der Waals surface area contributed by atoms with Gasteiger partial charge in [0, 0.05) is 6.04 Å². The summed E-state index contributed by atoms with van der Waals surface area (Å²) in [6, 6.07) is 10.1. The molecule has 1 aromatic carbocycles. The Hall–Kier alpha value is -0.860. The molecule has 2 N–H and O–H groups in total. The molecule has 84 valence electrons. The van der Waals surface area contributed by atoms with E-state index in [4.69, 9.17) is 10.5 Å². The Kier molecular flexibility index (Phi) is 3.89. The van der Waals surface area contributed by atoms with Gasteiger partial charge in [0.05, 0.1) is 11.7 Å². The highest BCUT2D eigenvalue weighted by molar-refractivity contribution is 5.19. The fourth-order valence-electron chi connectivity index (χ4n) is 1.50. The van der Waals surface area contributed by atoms with E-state index in [1.54, 1.807) is 0 Å². The second-order valence-corrected chi connectivity index (χ2v) is 4.92. The van der Waals surface area contributed by atoms with Crippen LogP contribution in [0.3, 0.4) is 0 Å². The van der Waals surface area contributed by atoms with E-state index in [1.807, 2.05) is 45.9 Å². The molecule has 2 atom stereocenters. The first-order valence-electron chi connectivity index (χ1n) is 5.38. The Morgan fingerprint density at radius 2 is 1.67 bits per heavy atom. The van der Waals surface area contributed by atoms with Gasteiger partial charge in [-0.3, -0.25) is 0 Å². The molecule has 0 bridgehead atoms. The SMILES string of the molecule is C[C@@H](N)[C@@H](OC(C)(C)C)c1ccccc1. The second kappa shape index (κ2) is 4.77. The first kappa shape index (κ1) is 12.2. The fourth-order valence-corrected chi connectivity index (χ4v) is 1.50. The van der Waals surface area contributed by atoms with Crippen LogP contribution in [0.5, 0.6) is 0 Å². The zero-order valence-corrected chi connectivity index (χ0v) is 10.0. The molecular formula is C13H21NO. The molecule has 0 fully saturated rings. The molecule has 0 saturated carbocycles. The highest BCUT2D eigenvalue weighted by Crippen LogP contribution is 2.25. The molecule has 1 aromatic rings. The maximum absolute atomic E-state index is 5.96. The summed E-state index contributed by atoms with van der Waals surface area (Å²) in [5.41, 5.74) is 6.92. The molecule has 0 unspecified atom stereocenters. The molecule has 0 aliphatic heterocycles. The summed E-state index contributed by atoms with van der Waals surface area (Å²) >= 11 is 0. The minimum atomic E-state index is -0.172. The average molecular weight is 207 g/mol. The molecule has 2 heteroatoms. The normalized spacial score (nSPS) is 16.1. The van der Waals surface area contributed by atoms with Gasteiger partial charge in [0.15, 0.2) is 0 Å². The van der Waals surface area contributed by atoms with Crippen LogP contribution in [0.15, 0.2) is 30.3 Å². The predicted molar refractivity (Wildman–Crippen MR) is 63.7 cm³/mol. The minimum absolute atomic E-state index is 0.00775. The Morgan fingerprint density at radius 3 is 2.07 bits per heavy atom. The van der Waals surface area contributed by atoms with Crippen molar-refractivity contribution in [1.29, 1.82) is 0 Å². The Balaban J connectivity index is 2.85. The van der Waals surface area contributed by atoms with Gasteiger partial charge in [0.25, 0.3) is 0 Å². The second-order valence-electron chi connectivity index (χ2n) is 4.92. The third kappa shape index (κ3) is 4.02. The molecule has 0 saturated heterocycles. The number of benzene rings is 1. The summed E-state index contributed by atoms with van der Waals surface area (Å²) in [6.45, 7) is 8.12. The lowest BCUT2D eigenvalue weighted by atomic mass is 10.0. The maximum atomic E-state index is 5.96. The molecule has 1 rings (SSSR count). The van der Waals surface area contributed by atoms with Crippen LogP contribution in [0.2, 0.25) is 0 Å². The van der Waals surface area contributed by atoms with Crippen molar-refractivity contribution in [1.82, 2.24) is 0 Å². The smallest absolute Gasteiger partial charge is 0.0980 e. The lowest BCUT2D eigenvalue weighted by Gasteiger charge is -2.30. The van der Waals surface area contributed by atoms with Crippen LogP contribution in [0, 0.1) is 0 Å². The van der Waals surface area contributed by atoms with Crippen LogP contribution in [0.1, 0.15) is 39.4 Å². The summed E-state index contributed by atoms with van der Waals surface area (Å²) in [5, 5.41) is 0. The number of ether oxygens (including phenoxy) is 1. The number of hydrogen-bond acceptors (Lipinski definition) is 2. The van der Waals surface area contributed by atoms with E-state index >= 15 is 0 Å². The summed E-state index contributed by atoms with van der Waals surface area (Å²) < 4.78 is 5.96. The lowest BCUT2D eigenvalue weighted by Crippen LogP contribution is -2.33. The summed E-state index contributed by atoms with van der Waals surface area (Å²) in [4.78, 5) is 0. The Bertz CT molecular complexity index is 287. The predicted octanol–water partition coefficient (Wildman–Crippen LogP) is 2.89. The molecule has 0 radical (unpaired) electrons. The van der Waals surface area contributed by atoms with Crippen LogP contribution in [-0.4, -0.2) is 11.6 Å². The molecule has 2 nitrogen and oxygen atoms in total.